The van der Waals surface area contributed by atoms with Crippen molar-refractivity contribution in [2.45, 2.75) is 45.7 Å². The predicted molar refractivity (Wildman–Crippen MR) is 83.5 cm³/mol. The van der Waals surface area contributed by atoms with Crippen LogP contribution < -0.4 is 11.1 Å². The Morgan fingerprint density at radius 3 is 2.76 bits per heavy atom. The minimum Gasteiger partial charge on any atom is -0.397 e. The second-order valence-corrected chi connectivity index (χ2v) is 6.09. The van der Waals surface area contributed by atoms with Crippen molar-refractivity contribution >= 4 is 17.3 Å². The molecular weight excluding hydrogens is 269 g/mol. The minimum absolute atomic E-state index is 0.0964. The maximum atomic E-state index is 13.0. The monoisotopic (exact) mass is 293 g/mol. The summed E-state index contributed by atoms with van der Waals surface area (Å²) in [5.41, 5.74) is 6.44. The van der Waals surface area contributed by atoms with Gasteiger partial charge in [0.05, 0.1) is 17.4 Å². The molecule has 1 aromatic rings. The molecule has 4 nitrogen and oxygen atoms in total. The third-order valence-corrected chi connectivity index (χ3v) is 4.26. The second-order valence-electron chi connectivity index (χ2n) is 6.09. The number of carbonyl (C=O) groups excluding carboxylic acids is 1. The van der Waals surface area contributed by atoms with Gasteiger partial charge in [-0.05, 0) is 50.4 Å². The molecule has 2 unspecified atom stereocenters. The number of amides is 1. The highest BCUT2D eigenvalue weighted by Crippen LogP contribution is 2.27. The lowest BCUT2D eigenvalue weighted by Crippen LogP contribution is -2.46. The first-order chi connectivity index (χ1) is 9.90. The largest absolute Gasteiger partial charge is 0.397 e. The smallest absolute Gasteiger partial charge is 0.241 e. The van der Waals surface area contributed by atoms with Crippen molar-refractivity contribution in [3.8, 4) is 0 Å². The second kappa shape index (κ2) is 6.43. The molecule has 2 rings (SSSR count). The number of nitrogens with one attached hydrogen (secondary N) is 1. The molecule has 2 atom stereocenters. The Balaban J connectivity index is 2.05. The molecule has 3 N–H and O–H groups in total. The van der Waals surface area contributed by atoms with Crippen molar-refractivity contribution in [2.24, 2.45) is 5.92 Å². The van der Waals surface area contributed by atoms with Crippen molar-refractivity contribution in [2.75, 3.05) is 17.6 Å². The number of hydrogen-bond acceptors (Lipinski definition) is 3. The van der Waals surface area contributed by atoms with E-state index in [9.17, 15) is 9.18 Å². The molecule has 5 heteroatoms. The summed E-state index contributed by atoms with van der Waals surface area (Å²) in [5, 5.41) is 2.80. The number of carbonyl (C=O) groups is 1. The van der Waals surface area contributed by atoms with Gasteiger partial charge >= 0.3 is 0 Å². The Kier molecular flexibility index (Phi) is 4.83. The molecule has 0 aliphatic carbocycles. The molecular formula is C16H24FN3O. The van der Waals surface area contributed by atoms with Crippen LogP contribution in [0.3, 0.4) is 0 Å². The number of benzene rings is 1. The molecule has 0 spiro atoms. The fourth-order valence-electron chi connectivity index (χ4n) is 3.05. The van der Waals surface area contributed by atoms with Gasteiger partial charge in [-0.25, -0.2) is 4.39 Å². The SMILES string of the molecule is CC(C)C1CCCN1C(C)C(=O)Nc1ccc(F)cc1N. The van der Waals surface area contributed by atoms with Crippen molar-refractivity contribution in [1.29, 1.82) is 0 Å². The molecule has 1 saturated heterocycles. The molecule has 1 heterocycles. The molecule has 0 radical (unpaired) electrons. The number of rotatable bonds is 4. The van der Waals surface area contributed by atoms with Gasteiger partial charge in [-0.15, -0.1) is 0 Å². The highest BCUT2D eigenvalue weighted by molar-refractivity contribution is 5.97. The summed E-state index contributed by atoms with van der Waals surface area (Å²) in [4.78, 5) is 14.7. The summed E-state index contributed by atoms with van der Waals surface area (Å²) >= 11 is 0. The molecule has 0 bridgehead atoms. The molecule has 1 aliphatic rings. The Hall–Kier alpha value is -1.62. The first-order valence-corrected chi connectivity index (χ1v) is 7.51. The van der Waals surface area contributed by atoms with Crippen LogP contribution in [0.2, 0.25) is 0 Å². The highest BCUT2D eigenvalue weighted by Gasteiger charge is 2.33. The fraction of sp³-hybridized carbons (Fsp3) is 0.562. The molecule has 1 amide bonds. The molecule has 1 aromatic carbocycles. The van der Waals surface area contributed by atoms with E-state index in [-0.39, 0.29) is 17.6 Å². The van der Waals surface area contributed by atoms with E-state index >= 15 is 0 Å². The van der Waals surface area contributed by atoms with Crippen LogP contribution in [-0.2, 0) is 4.79 Å². The average molecular weight is 293 g/mol. The number of anilines is 2. The van der Waals surface area contributed by atoms with E-state index in [0.29, 0.717) is 17.6 Å². The van der Waals surface area contributed by atoms with Crippen LogP contribution in [-0.4, -0.2) is 29.4 Å². The first kappa shape index (κ1) is 15.8. The lowest BCUT2D eigenvalue weighted by atomic mass is 10.0. The van der Waals surface area contributed by atoms with Crippen LogP contribution >= 0.6 is 0 Å². The summed E-state index contributed by atoms with van der Waals surface area (Å²) in [6.07, 6.45) is 2.26. The van der Waals surface area contributed by atoms with Gasteiger partial charge in [0.2, 0.25) is 5.91 Å². The third-order valence-electron chi connectivity index (χ3n) is 4.26. The van der Waals surface area contributed by atoms with E-state index < -0.39 is 5.82 Å². The van der Waals surface area contributed by atoms with Gasteiger partial charge in [-0.1, -0.05) is 13.8 Å². The number of nitrogen functional groups attached to an aromatic ring is 1. The summed E-state index contributed by atoms with van der Waals surface area (Å²) in [6, 6.07) is 4.23. The van der Waals surface area contributed by atoms with Crippen molar-refractivity contribution in [3.63, 3.8) is 0 Å². The maximum Gasteiger partial charge on any atom is 0.241 e. The van der Waals surface area contributed by atoms with E-state index in [1.54, 1.807) is 0 Å². The third kappa shape index (κ3) is 3.53. The Morgan fingerprint density at radius 2 is 2.14 bits per heavy atom. The lowest BCUT2D eigenvalue weighted by Gasteiger charge is -2.32. The van der Waals surface area contributed by atoms with Gasteiger partial charge in [0.15, 0.2) is 0 Å². The van der Waals surface area contributed by atoms with Crippen LogP contribution in [0.4, 0.5) is 15.8 Å². The zero-order chi connectivity index (χ0) is 15.6. The number of nitrogens with two attached hydrogens (primary N) is 1. The van der Waals surface area contributed by atoms with Crippen LogP contribution in [0.1, 0.15) is 33.6 Å². The van der Waals surface area contributed by atoms with Gasteiger partial charge in [0.1, 0.15) is 5.82 Å². The molecule has 116 valence electrons. The number of nitrogens with zero attached hydrogens (tertiary/aromatic N) is 1. The van der Waals surface area contributed by atoms with E-state index in [1.165, 1.54) is 18.2 Å². The fourth-order valence-corrected chi connectivity index (χ4v) is 3.05. The van der Waals surface area contributed by atoms with Crippen LogP contribution in [0, 0.1) is 11.7 Å². The van der Waals surface area contributed by atoms with Crippen LogP contribution in [0.5, 0.6) is 0 Å². The van der Waals surface area contributed by atoms with E-state index in [4.69, 9.17) is 5.73 Å². The number of hydrogen-bond donors (Lipinski definition) is 2. The van der Waals surface area contributed by atoms with E-state index in [2.05, 4.69) is 24.1 Å². The molecule has 21 heavy (non-hydrogen) atoms. The zero-order valence-electron chi connectivity index (χ0n) is 12.9. The average Bonchev–Trinajstić information content (AvgIpc) is 2.90. The van der Waals surface area contributed by atoms with Gasteiger partial charge in [-0.3, -0.25) is 9.69 Å². The number of halogens is 1. The lowest BCUT2D eigenvalue weighted by molar-refractivity contribution is -0.121. The van der Waals surface area contributed by atoms with Gasteiger partial charge in [0.25, 0.3) is 0 Å². The van der Waals surface area contributed by atoms with Gasteiger partial charge in [0, 0.05) is 6.04 Å². The number of likely N-dealkylation sites (tertiary alicyclic amines) is 1. The normalized spacial score (nSPS) is 20.7. The topological polar surface area (TPSA) is 58.4 Å². The van der Waals surface area contributed by atoms with Crippen molar-refractivity contribution in [1.82, 2.24) is 4.90 Å². The quantitative estimate of drug-likeness (QED) is 0.839. The Labute approximate surface area is 125 Å². The maximum absolute atomic E-state index is 13.0. The van der Waals surface area contributed by atoms with E-state index in [1.807, 2.05) is 6.92 Å². The summed E-state index contributed by atoms with van der Waals surface area (Å²) < 4.78 is 13.0. The minimum atomic E-state index is -0.405. The van der Waals surface area contributed by atoms with Gasteiger partial charge < -0.3 is 11.1 Å². The summed E-state index contributed by atoms with van der Waals surface area (Å²) in [5.74, 6) is 0.0254. The Morgan fingerprint density at radius 1 is 1.43 bits per heavy atom. The van der Waals surface area contributed by atoms with Crippen LogP contribution in [0.25, 0.3) is 0 Å². The van der Waals surface area contributed by atoms with Crippen molar-refractivity contribution in [3.05, 3.63) is 24.0 Å². The Bertz CT molecular complexity index is 518. The van der Waals surface area contributed by atoms with E-state index in [0.717, 1.165) is 19.4 Å². The van der Waals surface area contributed by atoms with Gasteiger partial charge in [-0.2, -0.15) is 0 Å². The molecule has 1 fully saturated rings. The molecule has 0 saturated carbocycles. The molecule has 1 aliphatic heterocycles. The predicted octanol–water partition coefficient (Wildman–Crippen LogP) is 2.86. The highest BCUT2D eigenvalue weighted by atomic mass is 19.1. The zero-order valence-corrected chi connectivity index (χ0v) is 12.9. The first-order valence-electron chi connectivity index (χ1n) is 7.51. The standard InChI is InChI=1S/C16H24FN3O/c1-10(2)15-5-4-8-20(15)11(3)16(21)19-14-7-6-12(17)9-13(14)18/h6-7,9-11,15H,4-5,8,18H2,1-3H3,(H,19,21). The van der Waals surface area contributed by atoms with Crippen LogP contribution in [0.15, 0.2) is 18.2 Å². The molecule has 0 aromatic heterocycles. The summed E-state index contributed by atoms with van der Waals surface area (Å²) in [7, 11) is 0. The van der Waals surface area contributed by atoms with Crippen molar-refractivity contribution < 1.29 is 9.18 Å². The summed E-state index contributed by atoms with van der Waals surface area (Å²) in [6.45, 7) is 7.23.